The number of hydrogen-bond donors (Lipinski definition) is 2. The molecule has 0 radical (unpaired) electrons. The van der Waals surface area contributed by atoms with Crippen molar-refractivity contribution in [2.75, 3.05) is 6.26 Å². The lowest BCUT2D eigenvalue weighted by Crippen LogP contribution is -2.42. The number of benzene rings is 1. The molecule has 0 aromatic heterocycles. The van der Waals surface area contributed by atoms with Gasteiger partial charge in [-0.25, -0.2) is 13.2 Å². The lowest BCUT2D eigenvalue weighted by molar-refractivity contribution is -0.139. The average molecular weight is 311 g/mol. The molecule has 1 unspecified atom stereocenters. The maximum atomic E-state index is 12.1. The van der Waals surface area contributed by atoms with Gasteiger partial charge in [0.15, 0.2) is 9.84 Å². The van der Waals surface area contributed by atoms with Crippen LogP contribution < -0.4 is 5.32 Å². The molecule has 1 amide bonds. The number of carbonyl (C=O) groups excluding carboxylic acids is 1. The molecule has 0 aliphatic heterocycles. The van der Waals surface area contributed by atoms with E-state index in [0.717, 1.165) is 19.1 Å². The van der Waals surface area contributed by atoms with Gasteiger partial charge in [0, 0.05) is 11.8 Å². The largest absolute Gasteiger partial charge is 0.480 e. The molecule has 1 aliphatic carbocycles. The van der Waals surface area contributed by atoms with Crippen LogP contribution in [0.25, 0.3) is 0 Å². The third kappa shape index (κ3) is 3.60. The lowest BCUT2D eigenvalue weighted by atomic mass is 10.1. The SMILES string of the molecule is Cc1ccc(C(=O)NC(C(=O)O)C2CC2)cc1S(C)(=O)=O. The third-order valence-electron chi connectivity index (χ3n) is 3.50. The summed E-state index contributed by atoms with van der Waals surface area (Å²) in [6, 6.07) is 3.40. The Kier molecular flexibility index (Phi) is 4.04. The second-order valence-electron chi connectivity index (χ2n) is 5.38. The van der Waals surface area contributed by atoms with E-state index in [4.69, 9.17) is 5.11 Å². The standard InChI is InChI=1S/C14H17NO5S/c1-8-3-4-10(7-11(8)21(2,19)20)13(16)15-12(14(17)18)9-5-6-9/h3-4,7,9,12H,5-6H2,1-2H3,(H,15,16)(H,17,18). The number of rotatable bonds is 5. The van der Waals surface area contributed by atoms with E-state index in [2.05, 4.69) is 5.32 Å². The third-order valence-corrected chi connectivity index (χ3v) is 4.73. The Morgan fingerprint density at radius 1 is 1.33 bits per heavy atom. The summed E-state index contributed by atoms with van der Waals surface area (Å²) in [5.41, 5.74) is 0.693. The minimum atomic E-state index is -3.43. The Balaban J connectivity index is 2.25. The van der Waals surface area contributed by atoms with E-state index in [-0.39, 0.29) is 16.4 Å². The zero-order valence-corrected chi connectivity index (χ0v) is 12.6. The fourth-order valence-electron chi connectivity index (χ4n) is 2.18. The van der Waals surface area contributed by atoms with Crippen LogP contribution in [0.3, 0.4) is 0 Å². The molecule has 1 atom stereocenters. The van der Waals surface area contributed by atoms with Crippen LogP contribution in [0, 0.1) is 12.8 Å². The first-order valence-electron chi connectivity index (χ1n) is 6.54. The summed E-state index contributed by atoms with van der Waals surface area (Å²) in [6.07, 6.45) is 2.63. The van der Waals surface area contributed by atoms with Gasteiger partial charge < -0.3 is 10.4 Å². The van der Waals surface area contributed by atoms with Gasteiger partial charge in [0.1, 0.15) is 6.04 Å². The number of aryl methyl sites for hydroxylation is 1. The summed E-state index contributed by atoms with van der Waals surface area (Å²) in [4.78, 5) is 23.3. The van der Waals surface area contributed by atoms with Gasteiger partial charge in [-0.3, -0.25) is 4.79 Å². The molecule has 1 aromatic rings. The van der Waals surface area contributed by atoms with Gasteiger partial charge in [0.25, 0.3) is 5.91 Å². The average Bonchev–Trinajstić information content (AvgIpc) is 3.18. The molecule has 1 aromatic carbocycles. The molecule has 2 rings (SSSR count). The fourth-order valence-corrected chi connectivity index (χ4v) is 3.17. The van der Waals surface area contributed by atoms with E-state index < -0.39 is 27.8 Å². The van der Waals surface area contributed by atoms with Crippen molar-refractivity contribution in [2.45, 2.75) is 30.7 Å². The number of carboxylic acid groups (broad SMARTS) is 1. The van der Waals surface area contributed by atoms with Crippen LogP contribution in [-0.4, -0.2) is 37.7 Å². The number of hydrogen-bond acceptors (Lipinski definition) is 4. The van der Waals surface area contributed by atoms with E-state index in [9.17, 15) is 18.0 Å². The maximum absolute atomic E-state index is 12.1. The molecule has 1 aliphatic rings. The molecule has 114 valence electrons. The first-order valence-corrected chi connectivity index (χ1v) is 8.43. The quantitative estimate of drug-likeness (QED) is 0.844. The van der Waals surface area contributed by atoms with Crippen molar-refractivity contribution in [2.24, 2.45) is 5.92 Å². The van der Waals surface area contributed by atoms with Crippen molar-refractivity contribution < 1.29 is 23.1 Å². The summed E-state index contributed by atoms with van der Waals surface area (Å²) in [5.74, 6) is -1.67. The molecule has 0 spiro atoms. The smallest absolute Gasteiger partial charge is 0.326 e. The molecule has 0 heterocycles. The maximum Gasteiger partial charge on any atom is 0.326 e. The minimum absolute atomic E-state index is 0.0359. The Labute approximate surface area is 123 Å². The topological polar surface area (TPSA) is 101 Å². The van der Waals surface area contributed by atoms with Crippen molar-refractivity contribution in [3.05, 3.63) is 29.3 Å². The van der Waals surface area contributed by atoms with Gasteiger partial charge in [-0.1, -0.05) is 6.07 Å². The molecule has 21 heavy (non-hydrogen) atoms. The van der Waals surface area contributed by atoms with Crippen LogP contribution in [0.4, 0.5) is 0 Å². The predicted octanol–water partition coefficient (Wildman–Crippen LogP) is 0.992. The molecule has 0 saturated heterocycles. The molecule has 6 nitrogen and oxygen atoms in total. The molecule has 7 heteroatoms. The number of nitrogens with one attached hydrogen (secondary N) is 1. The van der Waals surface area contributed by atoms with Gasteiger partial charge >= 0.3 is 5.97 Å². The molecular formula is C14H17NO5S. The van der Waals surface area contributed by atoms with Gasteiger partial charge in [-0.2, -0.15) is 0 Å². The second-order valence-corrected chi connectivity index (χ2v) is 7.36. The normalized spacial score (nSPS) is 16.3. The Hall–Kier alpha value is -1.89. The van der Waals surface area contributed by atoms with E-state index in [1.165, 1.54) is 18.2 Å². The van der Waals surface area contributed by atoms with E-state index in [0.29, 0.717) is 5.56 Å². The van der Waals surface area contributed by atoms with Crippen LogP contribution in [0.5, 0.6) is 0 Å². The van der Waals surface area contributed by atoms with Crippen molar-refractivity contribution in [1.29, 1.82) is 0 Å². The first-order chi connectivity index (χ1) is 9.70. The number of carboxylic acids is 1. The number of carbonyl (C=O) groups is 2. The monoisotopic (exact) mass is 311 g/mol. The van der Waals surface area contributed by atoms with Crippen LogP contribution in [-0.2, 0) is 14.6 Å². The van der Waals surface area contributed by atoms with Crippen LogP contribution >= 0.6 is 0 Å². The highest BCUT2D eigenvalue weighted by molar-refractivity contribution is 7.90. The van der Waals surface area contributed by atoms with Crippen molar-refractivity contribution in [3.63, 3.8) is 0 Å². The van der Waals surface area contributed by atoms with Crippen LogP contribution in [0.1, 0.15) is 28.8 Å². The molecule has 2 N–H and O–H groups in total. The lowest BCUT2D eigenvalue weighted by Gasteiger charge is -2.14. The molecule has 1 fully saturated rings. The summed E-state index contributed by atoms with van der Waals surface area (Å²) >= 11 is 0. The highest BCUT2D eigenvalue weighted by Crippen LogP contribution is 2.33. The van der Waals surface area contributed by atoms with Crippen LogP contribution in [0.15, 0.2) is 23.1 Å². The highest BCUT2D eigenvalue weighted by atomic mass is 32.2. The summed E-state index contributed by atoms with van der Waals surface area (Å²) < 4.78 is 23.3. The van der Waals surface area contributed by atoms with Gasteiger partial charge in [0.05, 0.1) is 4.90 Å². The Bertz CT molecular complexity index is 691. The number of aliphatic carboxylic acids is 1. The first kappa shape index (κ1) is 15.5. The molecule has 0 bridgehead atoms. The number of amides is 1. The highest BCUT2D eigenvalue weighted by Gasteiger charge is 2.37. The zero-order valence-electron chi connectivity index (χ0n) is 11.8. The van der Waals surface area contributed by atoms with E-state index >= 15 is 0 Å². The summed E-state index contributed by atoms with van der Waals surface area (Å²) in [5, 5.41) is 11.6. The van der Waals surface area contributed by atoms with E-state index in [1.807, 2.05) is 0 Å². The summed E-state index contributed by atoms with van der Waals surface area (Å²) in [6.45, 7) is 1.64. The van der Waals surface area contributed by atoms with Crippen molar-refractivity contribution >= 4 is 21.7 Å². The zero-order chi connectivity index (χ0) is 15.8. The Morgan fingerprint density at radius 2 is 1.95 bits per heavy atom. The van der Waals surface area contributed by atoms with Crippen molar-refractivity contribution in [3.8, 4) is 0 Å². The molecular weight excluding hydrogens is 294 g/mol. The second kappa shape index (κ2) is 5.48. The number of sulfone groups is 1. The van der Waals surface area contributed by atoms with Gasteiger partial charge in [0.2, 0.25) is 0 Å². The summed E-state index contributed by atoms with van der Waals surface area (Å²) in [7, 11) is -3.43. The Morgan fingerprint density at radius 3 is 2.43 bits per heavy atom. The van der Waals surface area contributed by atoms with Gasteiger partial charge in [-0.05, 0) is 43.4 Å². The van der Waals surface area contributed by atoms with Crippen molar-refractivity contribution in [1.82, 2.24) is 5.32 Å². The predicted molar refractivity (Wildman–Crippen MR) is 75.9 cm³/mol. The molecule has 1 saturated carbocycles. The minimum Gasteiger partial charge on any atom is -0.480 e. The van der Waals surface area contributed by atoms with Crippen LogP contribution in [0.2, 0.25) is 0 Å². The van der Waals surface area contributed by atoms with Gasteiger partial charge in [-0.15, -0.1) is 0 Å². The van der Waals surface area contributed by atoms with E-state index in [1.54, 1.807) is 6.92 Å². The fraction of sp³-hybridized carbons (Fsp3) is 0.429.